The van der Waals surface area contributed by atoms with Crippen LogP contribution in [0, 0.1) is 0 Å². The van der Waals surface area contributed by atoms with Crippen molar-refractivity contribution in [3.05, 3.63) is 28.2 Å². The molecule has 1 N–H and O–H groups in total. The highest BCUT2D eigenvalue weighted by Gasteiger charge is 2.04. The molecule has 0 radical (unpaired) electrons. The minimum atomic E-state index is -0.151. The number of hydrogen-bond donors (Lipinski definition) is 1. The summed E-state index contributed by atoms with van der Waals surface area (Å²) < 4.78 is 4.84. The molecule has 3 nitrogen and oxygen atoms in total. The van der Waals surface area contributed by atoms with Crippen molar-refractivity contribution in [2.45, 2.75) is 5.88 Å². The van der Waals surface area contributed by atoms with Gasteiger partial charge >= 0.3 is 0 Å². The Labute approximate surface area is 81.1 Å². The van der Waals surface area contributed by atoms with E-state index in [1.807, 2.05) is 0 Å². The van der Waals surface area contributed by atoms with Gasteiger partial charge in [-0.05, 0) is 0 Å². The summed E-state index contributed by atoms with van der Waals surface area (Å²) in [6.07, 6.45) is 1.54. The second kappa shape index (κ2) is 5.06. The smallest absolute Gasteiger partial charge is 0.223 e. The van der Waals surface area contributed by atoms with Crippen molar-refractivity contribution in [2.75, 3.05) is 7.11 Å². The van der Waals surface area contributed by atoms with Crippen LogP contribution in [0.15, 0.2) is 17.1 Å². The van der Waals surface area contributed by atoms with Gasteiger partial charge in [0, 0.05) is 12.3 Å². The van der Waals surface area contributed by atoms with Gasteiger partial charge in [0.1, 0.15) is 0 Å². The van der Waals surface area contributed by atoms with Crippen LogP contribution < -0.4 is 10.2 Å². The van der Waals surface area contributed by atoms with Crippen LogP contribution in [0.1, 0.15) is 5.69 Å². The van der Waals surface area contributed by atoms with E-state index in [4.69, 9.17) is 16.3 Å². The fourth-order valence-electron chi connectivity index (χ4n) is 0.831. The Morgan fingerprint density at radius 2 is 2.33 bits per heavy atom. The average molecular weight is 210 g/mol. The summed E-state index contributed by atoms with van der Waals surface area (Å²) in [6.45, 7) is 0. The zero-order valence-corrected chi connectivity index (χ0v) is 8.04. The normalized spacial score (nSPS) is 8.83. The van der Waals surface area contributed by atoms with Gasteiger partial charge in [0.25, 0.3) is 0 Å². The highest BCUT2D eigenvalue weighted by molar-refractivity contribution is 6.17. The van der Waals surface area contributed by atoms with E-state index in [-0.39, 0.29) is 23.7 Å². The summed E-state index contributed by atoms with van der Waals surface area (Å²) in [5, 5.41) is 0. The quantitative estimate of drug-likeness (QED) is 0.752. The molecular weight excluding hydrogens is 201 g/mol. The number of nitrogens with one attached hydrogen (secondary N) is 1. The molecule has 12 heavy (non-hydrogen) atoms. The van der Waals surface area contributed by atoms with Crippen molar-refractivity contribution in [3.8, 4) is 5.75 Å². The summed E-state index contributed by atoms with van der Waals surface area (Å²) in [6, 6.07) is 1.40. The number of hydrogen-bond acceptors (Lipinski definition) is 2. The Morgan fingerprint density at radius 3 is 2.75 bits per heavy atom. The average Bonchev–Trinajstić information content (AvgIpc) is 2.04. The van der Waals surface area contributed by atoms with Crippen LogP contribution in [0.4, 0.5) is 0 Å². The van der Waals surface area contributed by atoms with E-state index in [0.29, 0.717) is 11.4 Å². The molecule has 1 heterocycles. The number of ether oxygens (including phenoxy) is 1. The van der Waals surface area contributed by atoms with Crippen molar-refractivity contribution < 1.29 is 4.74 Å². The van der Waals surface area contributed by atoms with Crippen LogP contribution in [0.3, 0.4) is 0 Å². The first-order valence-electron chi connectivity index (χ1n) is 3.10. The molecule has 0 aromatic carbocycles. The Balaban J connectivity index is 0.00000121. The number of aromatic nitrogens is 1. The summed E-state index contributed by atoms with van der Waals surface area (Å²) >= 11 is 5.53. The van der Waals surface area contributed by atoms with E-state index in [9.17, 15) is 4.79 Å². The van der Waals surface area contributed by atoms with Gasteiger partial charge in [-0.15, -0.1) is 24.0 Å². The van der Waals surface area contributed by atoms with E-state index in [2.05, 4.69) is 4.98 Å². The van der Waals surface area contributed by atoms with Gasteiger partial charge in [0.15, 0.2) is 5.75 Å². The molecule has 0 saturated heterocycles. The number of pyridine rings is 1. The molecule has 1 aromatic heterocycles. The Bertz CT molecular complexity index is 298. The highest BCUT2D eigenvalue weighted by Crippen LogP contribution is 2.10. The third kappa shape index (κ3) is 2.16. The molecule has 5 heteroatoms. The Kier molecular flexibility index (Phi) is 4.78. The molecule has 0 aliphatic carbocycles. The molecule has 1 aromatic rings. The molecule has 0 atom stereocenters. The molecule has 0 spiro atoms. The van der Waals surface area contributed by atoms with Crippen LogP contribution in [0.25, 0.3) is 0 Å². The van der Waals surface area contributed by atoms with Crippen LogP contribution >= 0.6 is 24.0 Å². The second-order valence-corrected chi connectivity index (χ2v) is 2.25. The number of halogens is 2. The van der Waals surface area contributed by atoms with E-state index < -0.39 is 0 Å². The summed E-state index contributed by atoms with van der Waals surface area (Å²) in [4.78, 5) is 13.8. The lowest BCUT2D eigenvalue weighted by Gasteiger charge is -2.02. The molecule has 68 valence electrons. The standard InChI is InChI=1S/C7H8ClNO2.ClH/c1-11-7-5(4-8)9-3-2-6(7)10;/h2-3H,4H2,1H3,(H,9,10);1H. The second-order valence-electron chi connectivity index (χ2n) is 1.99. The van der Waals surface area contributed by atoms with Crippen LogP contribution in [-0.4, -0.2) is 12.1 Å². The predicted octanol–water partition coefficient (Wildman–Crippen LogP) is 1.54. The van der Waals surface area contributed by atoms with Crippen LogP contribution in [-0.2, 0) is 5.88 Å². The SMILES string of the molecule is COc1c(CCl)[nH]ccc1=O.Cl. The molecule has 0 unspecified atom stereocenters. The van der Waals surface area contributed by atoms with E-state index in [1.54, 1.807) is 6.20 Å². The molecule has 0 saturated carbocycles. The predicted molar refractivity (Wildman–Crippen MR) is 50.4 cm³/mol. The molecule has 0 aliphatic rings. The van der Waals surface area contributed by atoms with Gasteiger partial charge in [-0.2, -0.15) is 0 Å². The first kappa shape index (κ1) is 11.3. The van der Waals surface area contributed by atoms with Gasteiger partial charge in [-0.25, -0.2) is 0 Å². The highest BCUT2D eigenvalue weighted by atomic mass is 35.5. The van der Waals surface area contributed by atoms with Crippen molar-refractivity contribution in [1.82, 2.24) is 4.98 Å². The molecule has 1 rings (SSSR count). The van der Waals surface area contributed by atoms with Crippen LogP contribution in [0.2, 0.25) is 0 Å². The number of aromatic amines is 1. The van der Waals surface area contributed by atoms with E-state index in [1.165, 1.54) is 13.2 Å². The zero-order chi connectivity index (χ0) is 8.27. The minimum absolute atomic E-state index is 0. The molecule has 0 bridgehead atoms. The third-order valence-corrected chi connectivity index (χ3v) is 1.60. The maximum Gasteiger partial charge on any atom is 0.223 e. The minimum Gasteiger partial charge on any atom is -0.491 e. The van der Waals surface area contributed by atoms with Gasteiger partial charge in [0.05, 0.1) is 18.7 Å². The van der Waals surface area contributed by atoms with Crippen molar-refractivity contribution in [1.29, 1.82) is 0 Å². The molecule has 0 fully saturated rings. The van der Waals surface area contributed by atoms with Gasteiger partial charge in [-0.1, -0.05) is 0 Å². The third-order valence-electron chi connectivity index (χ3n) is 1.33. The number of methoxy groups -OCH3 is 1. The maximum absolute atomic E-state index is 11.0. The number of rotatable bonds is 2. The topological polar surface area (TPSA) is 42.1 Å². The van der Waals surface area contributed by atoms with E-state index >= 15 is 0 Å². The van der Waals surface area contributed by atoms with Crippen molar-refractivity contribution in [3.63, 3.8) is 0 Å². The first-order chi connectivity index (χ1) is 5.29. The lowest BCUT2D eigenvalue weighted by molar-refractivity contribution is 0.404. The first-order valence-corrected chi connectivity index (χ1v) is 3.63. The Morgan fingerprint density at radius 1 is 1.67 bits per heavy atom. The van der Waals surface area contributed by atoms with Crippen molar-refractivity contribution in [2.24, 2.45) is 0 Å². The lowest BCUT2D eigenvalue weighted by atomic mass is 10.3. The van der Waals surface area contributed by atoms with Gasteiger partial charge in [0.2, 0.25) is 5.43 Å². The fraction of sp³-hybridized carbons (Fsp3) is 0.286. The van der Waals surface area contributed by atoms with Gasteiger partial charge in [-0.3, -0.25) is 4.79 Å². The summed E-state index contributed by atoms with van der Waals surface area (Å²) in [5.74, 6) is 0.543. The van der Waals surface area contributed by atoms with Crippen LogP contribution in [0.5, 0.6) is 5.75 Å². The number of alkyl halides is 1. The van der Waals surface area contributed by atoms with Gasteiger partial charge < -0.3 is 9.72 Å². The molecular formula is C7H9Cl2NO2. The molecule has 0 amide bonds. The fourth-order valence-corrected chi connectivity index (χ4v) is 1.03. The largest absolute Gasteiger partial charge is 0.491 e. The number of H-pyrrole nitrogens is 1. The van der Waals surface area contributed by atoms with Crippen molar-refractivity contribution >= 4 is 24.0 Å². The molecule has 0 aliphatic heterocycles. The summed E-state index contributed by atoms with van der Waals surface area (Å²) in [5.41, 5.74) is 0.462. The summed E-state index contributed by atoms with van der Waals surface area (Å²) in [7, 11) is 1.45. The zero-order valence-electron chi connectivity index (χ0n) is 6.46. The maximum atomic E-state index is 11.0. The van der Waals surface area contributed by atoms with E-state index in [0.717, 1.165) is 0 Å². The lowest BCUT2D eigenvalue weighted by Crippen LogP contribution is -2.07. The monoisotopic (exact) mass is 209 g/mol. The Hall–Kier alpha value is -0.670.